The minimum absolute atomic E-state index is 0.0827. The molecule has 0 bridgehead atoms. The van der Waals surface area contributed by atoms with Gasteiger partial charge in [0.2, 0.25) is 0 Å². The van der Waals surface area contributed by atoms with Crippen LogP contribution in [0.2, 0.25) is 0 Å². The molecule has 0 spiro atoms. The minimum Gasteiger partial charge on any atom is -0.299 e. The summed E-state index contributed by atoms with van der Waals surface area (Å²) < 4.78 is 24.6. The number of hydrogen-bond acceptors (Lipinski definition) is 1. The fourth-order valence-electron chi connectivity index (χ4n) is 0.931. The van der Waals surface area contributed by atoms with E-state index in [1.165, 1.54) is 0 Å². The van der Waals surface area contributed by atoms with Crippen molar-refractivity contribution >= 4 is 22.6 Å². The highest BCUT2D eigenvalue weighted by atomic mass is 127. The third-order valence-corrected chi connectivity index (χ3v) is 2.72. The summed E-state index contributed by atoms with van der Waals surface area (Å²) in [4.78, 5) is 1.65. The first kappa shape index (κ1) is 7.65. The summed E-state index contributed by atoms with van der Waals surface area (Å²) >= 11 is 1.80. The van der Waals surface area contributed by atoms with Gasteiger partial charge in [0.05, 0.1) is 10.5 Å². The Morgan fingerprint density at radius 3 is 2.33 bits per heavy atom. The third kappa shape index (κ3) is 1.52. The molecule has 4 heteroatoms. The zero-order valence-electron chi connectivity index (χ0n) is 5.07. The van der Waals surface area contributed by atoms with E-state index in [9.17, 15) is 8.78 Å². The van der Waals surface area contributed by atoms with Crippen LogP contribution in [0.15, 0.2) is 0 Å². The van der Waals surface area contributed by atoms with Crippen LogP contribution >= 0.6 is 22.6 Å². The molecule has 0 aliphatic carbocycles. The molecule has 9 heavy (non-hydrogen) atoms. The molecule has 1 atom stereocenters. The van der Waals surface area contributed by atoms with Gasteiger partial charge >= 0.3 is 0 Å². The number of alkyl halides is 3. The Bertz CT molecular complexity index is 118. The van der Waals surface area contributed by atoms with Crippen LogP contribution in [0.3, 0.4) is 0 Å². The van der Waals surface area contributed by atoms with E-state index in [0.717, 1.165) is 0 Å². The molecule has 1 rings (SSSR count). The Morgan fingerprint density at radius 2 is 2.22 bits per heavy atom. The molecule has 0 aromatic rings. The van der Waals surface area contributed by atoms with E-state index in [4.69, 9.17) is 0 Å². The van der Waals surface area contributed by atoms with Gasteiger partial charge in [0.25, 0.3) is 5.92 Å². The predicted octanol–water partition coefficient (Wildman–Crippen LogP) is 1.37. The summed E-state index contributed by atoms with van der Waals surface area (Å²) in [5.74, 6) is -2.46. The average Bonchev–Trinajstić information content (AvgIpc) is 1.79. The Kier molecular flexibility index (Phi) is 1.96. The second-order valence-corrected chi connectivity index (χ2v) is 3.93. The van der Waals surface area contributed by atoms with Gasteiger partial charge < -0.3 is 0 Å². The van der Waals surface area contributed by atoms with Crippen molar-refractivity contribution in [1.29, 1.82) is 0 Å². The molecule has 1 heterocycles. The molecule has 0 saturated carbocycles. The highest BCUT2D eigenvalue weighted by Crippen LogP contribution is 2.31. The molecular weight excluding hydrogens is 239 g/mol. The number of likely N-dealkylation sites (tertiary alicyclic amines) is 1. The van der Waals surface area contributed by atoms with Crippen molar-refractivity contribution in [3.8, 4) is 0 Å². The van der Waals surface area contributed by atoms with Gasteiger partial charge in [-0.1, -0.05) is 22.6 Å². The quantitative estimate of drug-likeness (QED) is 0.461. The first-order valence-corrected chi connectivity index (χ1v) is 3.97. The van der Waals surface area contributed by atoms with Gasteiger partial charge in [0.15, 0.2) is 0 Å². The summed E-state index contributed by atoms with van der Waals surface area (Å²) in [6.45, 7) is 0.425. The first-order valence-electron chi connectivity index (χ1n) is 2.73. The monoisotopic (exact) mass is 247 g/mol. The second-order valence-electron chi connectivity index (χ2n) is 2.43. The summed E-state index contributed by atoms with van der Waals surface area (Å²) in [5, 5.41) is 0. The molecule has 0 aromatic carbocycles. The Labute approximate surface area is 66.5 Å². The van der Waals surface area contributed by atoms with Crippen LogP contribution < -0.4 is 0 Å². The molecule has 0 N–H and O–H groups in total. The van der Waals surface area contributed by atoms with Crippen LogP contribution in [-0.4, -0.2) is 34.9 Å². The van der Waals surface area contributed by atoms with Crippen molar-refractivity contribution in [2.24, 2.45) is 0 Å². The highest BCUT2D eigenvalue weighted by Gasteiger charge is 2.44. The molecular formula is C5H8F2IN. The average molecular weight is 247 g/mol. The molecule has 54 valence electrons. The van der Waals surface area contributed by atoms with E-state index >= 15 is 0 Å². The lowest BCUT2D eigenvalue weighted by molar-refractivity contribution is 0.0226. The van der Waals surface area contributed by atoms with Crippen LogP contribution in [0, 0.1) is 0 Å². The summed E-state index contributed by atoms with van der Waals surface area (Å²) in [5.41, 5.74) is 0. The van der Waals surface area contributed by atoms with E-state index in [1.54, 1.807) is 34.5 Å². The van der Waals surface area contributed by atoms with Gasteiger partial charge in [-0.25, -0.2) is 8.78 Å². The SMILES string of the molecule is CN1CC(I)C(F)(F)C1. The normalized spacial score (nSPS) is 35.3. The predicted molar refractivity (Wildman–Crippen MR) is 40.3 cm³/mol. The van der Waals surface area contributed by atoms with Crippen LogP contribution in [0.25, 0.3) is 0 Å². The maximum Gasteiger partial charge on any atom is 0.273 e. The molecule has 1 saturated heterocycles. The maximum absolute atomic E-state index is 12.5. The molecule has 1 fully saturated rings. The topological polar surface area (TPSA) is 3.24 Å². The zero-order chi connectivity index (χ0) is 7.07. The molecule has 1 aliphatic rings. The third-order valence-electron chi connectivity index (χ3n) is 1.41. The molecule has 1 nitrogen and oxygen atoms in total. The van der Waals surface area contributed by atoms with Crippen LogP contribution in [0.5, 0.6) is 0 Å². The van der Waals surface area contributed by atoms with Crippen molar-refractivity contribution in [3.05, 3.63) is 0 Å². The smallest absolute Gasteiger partial charge is 0.273 e. The maximum atomic E-state index is 12.5. The number of rotatable bonds is 0. The second kappa shape index (κ2) is 2.30. The molecule has 0 radical (unpaired) electrons. The largest absolute Gasteiger partial charge is 0.299 e. The van der Waals surface area contributed by atoms with Crippen LogP contribution in [0.1, 0.15) is 0 Å². The molecule has 1 unspecified atom stereocenters. The van der Waals surface area contributed by atoms with Crippen molar-refractivity contribution in [2.75, 3.05) is 20.1 Å². The molecule has 1 aliphatic heterocycles. The fraction of sp³-hybridized carbons (Fsp3) is 1.00. The van der Waals surface area contributed by atoms with Crippen molar-refractivity contribution < 1.29 is 8.78 Å². The van der Waals surface area contributed by atoms with Crippen molar-refractivity contribution in [2.45, 2.75) is 9.85 Å². The van der Waals surface area contributed by atoms with Gasteiger partial charge in [-0.3, -0.25) is 4.90 Å². The Morgan fingerprint density at radius 1 is 1.67 bits per heavy atom. The summed E-state index contributed by atoms with van der Waals surface area (Å²) in [6, 6.07) is 0. The van der Waals surface area contributed by atoms with Gasteiger partial charge in [-0.15, -0.1) is 0 Å². The standard InChI is InChI=1S/C5H8F2IN/c1-9-2-4(8)5(6,7)3-9/h4H,2-3H2,1H3. The number of nitrogens with zero attached hydrogens (tertiary/aromatic N) is 1. The van der Waals surface area contributed by atoms with Crippen LogP contribution in [0.4, 0.5) is 8.78 Å². The summed E-state index contributed by atoms with van der Waals surface area (Å²) in [6.07, 6.45) is 0. The first-order chi connectivity index (χ1) is 4.02. The van der Waals surface area contributed by atoms with Crippen molar-refractivity contribution in [1.82, 2.24) is 4.90 Å². The lowest BCUT2D eigenvalue weighted by Gasteiger charge is -2.10. The van der Waals surface area contributed by atoms with E-state index in [2.05, 4.69) is 0 Å². The molecule has 0 aromatic heterocycles. The lowest BCUT2D eigenvalue weighted by atomic mass is 10.3. The van der Waals surface area contributed by atoms with Gasteiger partial charge in [0.1, 0.15) is 0 Å². The van der Waals surface area contributed by atoms with Gasteiger partial charge in [-0.05, 0) is 7.05 Å². The van der Waals surface area contributed by atoms with Crippen molar-refractivity contribution in [3.63, 3.8) is 0 Å². The Balaban J connectivity index is 2.58. The van der Waals surface area contributed by atoms with Gasteiger partial charge in [-0.2, -0.15) is 0 Å². The van der Waals surface area contributed by atoms with E-state index < -0.39 is 9.85 Å². The highest BCUT2D eigenvalue weighted by molar-refractivity contribution is 14.1. The van der Waals surface area contributed by atoms with Gasteiger partial charge in [0, 0.05) is 6.54 Å². The van der Waals surface area contributed by atoms with E-state index in [-0.39, 0.29) is 6.54 Å². The van der Waals surface area contributed by atoms with E-state index in [1.807, 2.05) is 0 Å². The summed E-state index contributed by atoms with van der Waals surface area (Å²) in [7, 11) is 1.71. The number of hydrogen-bond donors (Lipinski definition) is 0. The zero-order valence-corrected chi connectivity index (χ0v) is 7.23. The lowest BCUT2D eigenvalue weighted by Crippen LogP contribution is -2.26. The van der Waals surface area contributed by atoms with E-state index in [0.29, 0.717) is 6.54 Å². The fourth-order valence-corrected chi connectivity index (χ4v) is 1.80. The van der Waals surface area contributed by atoms with Crippen LogP contribution in [-0.2, 0) is 0 Å². The number of halogens is 3. The Hall–Kier alpha value is 0.550. The minimum atomic E-state index is -2.46. The molecule has 0 amide bonds.